The fourth-order valence-electron chi connectivity index (χ4n) is 6.06. The monoisotopic (exact) mass is 546 g/mol. The summed E-state index contributed by atoms with van der Waals surface area (Å²) in [7, 11) is -2.12. The van der Waals surface area contributed by atoms with Crippen LogP contribution in [0, 0.1) is 0 Å². The molecule has 38 heavy (non-hydrogen) atoms. The van der Waals surface area contributed by atoms with Gasteiger partial charge in [0.05, 0.1) is 18.8 Å². The number of hydrogen-bond acceptors (Lipinski definition) is 6. The van der Waals surface area contributed by atoms with E-state index >= 15 is 0 Å². The third-order valence-electron chi connectivity index (χ3n) is 9.25. The molecule has 1 aromatic carbocycles. The van der Waals surface area contributed by atoms with Crippen molar-refractivity contribution in [2.45, 2.75) is 147 Å². The third kappa shape index (κ3) is 6.61. The van der Waals surface area contributed by atoms with Crippen molar-refractivity contribution in [3.8, 4) is 0 Å². The van der Waals surface area contributed by atoms with Crippen LogP contribution < -0.4 is 0 Å². The molecule has 5 atom stereocenters. The van der Waals surface area contributed by atoms with Crippen molar-refractivity contribution >= 4 is 14.1 Å². The molecule has 1 aromatic rings. The van der Waals surface area contributed by atoms with Crippen molar-refractivity contribution in [3.63, 3.8) is 0 Å². The first-order valence-electron chi connectivity index (χ1n) is 14.6. The first-order chi connectivity index (χ1) is 17.8. The lowest BCUT2D eigenvalue weighted by Gasteiger charge is -2.56. The second kappa shape index (κ2) is 11.4. The van der Waals surface area contributed by atoms with E-state index in [0.29, 0.717) is 19.6 Å². The summed E-state index contributed by atoms with van der Waals surface area (Å²) in [6.45, 7) is 16.5. The average molecular weight is 547 g/mol. The van der Waals surface area contributed by atoms with Crippen molar-refractivity contribution in [2.75, 3.05) is 6.61 Å². The fourth-order valence-corrected chi connectivity index (χ4v) is 7.75. The van der Waals surface area contributed by atoms with Crippen LogP contribution >= 0.6 is 0 Å². The molecule has 0 unspecified atom stereocenters. The van der Waals surface area contributed by atoms with E-state index in [9.17, 15) is 4.79 Å². The third-order valence-corrected chi connectivity index (χ3v) is 13.8. The molecule has 0 radical (unpaired) electrons. The Balaban J connectivity index is 1.50. The number of benzene rings is 1. The summed E-state index contributed by atoms with van der Waals surface area (Å²) in [6, 6.07) is 10.3. The molecule has 6 nitrogen and oxygen atoms in total. The molecule has 3 saturated heterocycles. The molecule has 214 valence electrons. The second-order valence-corrected chi connectivity index (χ2v) is 18.2. The van der Waals surface area contributed by atoms with Crippen LogP contribution in [0.25, 0.3) is 0 Å². The van der Waals surface area contributed by atoms with Crippen LogP contribution in [0.3, 0.4) is 0 Å². The molecular weight excluding hydrogens is 496 g/mol. The van der Waals surface area contributed by atoms with Gasteiger partial charge in [-0.15, -0.1) is 0 Å². The van der Waals surface area contributed by atoms with Gasteiger partial charge in [-0.25, -0.2) is 0 Å². The summed E-state index contributed by atoms with van der Waals surface area (Å²) in [4.78, 5) is 11.9. The Morgan fingerprint density at radius 1 is 1.03 bits per heavy atom. The first kappa shape index (κ1) is 29.9. The van der Waals surface area contributed by atoms with Crippen molar-refractivity contribution in [2.24, 2.45) is 0 Å². The minimum atomic E-state index is -2.12. The highest BCUT2D eigenvalue weighted by Crippen LogP contribution is 2.56. The SMILES string of the molecule is CC(=O)C[C@@H]1CCC[C@]2(CC[C@]3(O[C@H](CCOCc4ccccc4)CC[C@@]3(C)O[Si](C)(C)C(C)(C)C)O2)O1. The number of Topliss-reactive ketones (excluding diaryl/α,β-unsaturated/α-hetero) is 1. The van der Waals surface area contributed by atoms with E-state index < -0.39 is 25.5 Å². The lowest BCUT2D eigenvalue weighted by Crippen LogP contribution is -2.65. The van der Waals surface area contributed by atoms with E-state index in [1.54, 1.807) is 6.92 Å². The van der Waals surface area contributed by atoms with Gasteiger partial charge in [-0.05, 0) is 69.6 Å². The van der Waals surface area contributed by atoms with Crippen molar-refractivity contribution in [1.82, 2.24) is 0 Å². The molecule has 0 aromatic heterocycles. The van der Waals surface area contributed by atoms with Crippen molar-refractivity contribution in [1.29, 1.82) is 0 Å². The Bertz CT molecular complexity index is 945. The van der Waals surface area contributed by atoms with E-state index in [4.69, 9.17) is 23.4 Å². The van der Waals surface area contributed by atoms with Gasteiger partial charge in [0.25, 0.3) is 0 Å². The topological polar surface area (TPSA) is 63.2 Å². The molecule has 3 aliphatic heterocycles. The van der Waals surface area contributed by atoms with Crippen LogP contribution in [0.15, 0.2) is 30.3 Å². The van der Waals surface area contributed by atoms with Gasteiger partial charge < -0.3 is 23.4 Å². The van der Waals surface area contributed by atoms with Gasteiger partial charge in [0.15, 0.2) is 19.9 Å². The molecule has 7 heteroatoms. The Hall–Kier alpha value is -1.09. The Kier molecular flexibility index (Phi) is 8.98. The van der Waals surface area contributed by atoms with Gasteiger partial charge in [0, 0.05) is 32.3 Å². The van der Waals surface area contributed by atoms with Crippen LogP contribution in [0.5, 0.6) is 0 Å². The molecule has 0 saturated carbocycles. The summed E-state index contributed by atoms with van der Waals surface area (Å²) in [5.74, 6) is -1.42. The van der Waals surface area contributed by atoms with Gasteiger partial charge in [-0.2, -0.15) is 0 Å². The molecule has 2 spiro atoms. The minimum absolute atomic E-state index is 0.0358. The van der Waals surface area contributed by atoms with Crippen LogP contribution in [0.4, 0.5) is 0 Å². The molecule has 0 N–H and O–H groups in total. The number of ether oxygens (including phenoxy) is 4. The molecule has 3 fully saturated rings. The van der Waals surface area contributed by atoms with E-state index in [0.717, 1.165) is 51.4 Å². The molecule has 4 rings (SSSR count). The highest BCUT2D eigenvalue weighted by Gasteiger charge is 2.65. The lowest BCUT2D eigenvalue weighted by atomic mass is 9.83. The van der Waals surface area contributed by atoms with Gasteiger partial charge in [-0.1, -0.05) is 51.1 Å². The Morgan fingerprint density at radius 2 is 1.76 bits per heavy atom. The van der Waals surface area contributed by atoms with Gasteiger partial charge in [0.2, 0.25) is 0 Å². The molecule has 0 aliphatic carbocycles. The Morgan fingerprint density at radius 3 is 2.45 bits per heavy atom. The van der Waals surface area contributed by atoms with Crippen molar-refractivity contribution in [3.05, 3.63) is 35.9 Å². The molecular formula is C31H50O6Si. The normalized spacial score (nSPS) is 34.2. The van der Waals surface area contributed by atoms with E-state index in [1.807, 2.05) is 18.2 Å². The number of carbonyl (C=O) groups is 1. The molecule has 3 aliphatic rings. The number of ketones is 1. The van der Waals surface area contributed by atoms with Crippen LogP contribution in [0.1, 0.15) is 98.0 Å². The van der Waals surface area contributed by atoms with Gasteiger partial charge in [-0.3, -0.25) is 4.79 Å². The number of rotatable bonds is 9. The maximum absolute atomic E-state index is 11.9. The van der Waals surface area contributed by atoms with Crippen LogP contribution in [-0.4, -0.2) is 50.1 Å². The maximum Gasteiger partial charge on any atom is 0.199 e. The summed E-state index contributed by atoms with van der Waals surface area (Å²) in [6.07, 6.45) is 7.19. The maximum atomic E-state index is 11.9. The van der Waals surface area contributed by atoms with Gasteiger partial charge in [0.1, 0.15) is 11.4 Å². The zero-order valence-corrected chi connectivity index (χ0v) is 25.8. The lowest BCUT2D eigenvalue weighted by molar-refractivity contribution is -0.398. The quantitative estimate of drug-likeness (QED) is 0.239. The summed E-state index contributed by atoms with van der Waals surface area (Å²) in [5, 5.41) is 0.0730. The average Bonchev–Trinajstić information content (AvgIpc) is 3.17. The first-order valence-corrected chi connectivity index (χ1v) is 17.6. The highest BCUT2D eigenvalue weighted by atomic mass is 28.4. The Labute approximate surface area is 231 Å². The molecule has 0 bridgehead atoms. The zero-order valence-electron chi connectivity index (χ0n) is 24.8. The number of hydrogen-bond donors (Lipinski definition) is 0. The van der Waals surface area contributed by atoms with E-state index in [1.165, 1.54) is 5.56 Å². The van der Waals surface area contributed by atoms with E-state index in [-0.39, 0.29) is 23.0 Å². The second-order valence-electron chi connectivity index (χ2n) is 13.5. The zero-order chi connectivity index (χ0) is 27.7. The van der Waals surface area contributed by atoms with Crippen LogP contribution in [0.2, 0.25) is 18.1 Å². The fraction of sp³-hybridized carbons (Fsp3) is 0.774. The molecule has 3 heterocycles. The number of carbonyl (C=O) groups excluding carboxylic acids is 1. The standard InChI is InChI=1S/C31H50O6Si/c1-24(32)22-27-14-11-17-30(34-27)19-20-31(36-30)29(5,37-38(6,7)28(2,3)4)18-15-26(35-31)16-21-33-23-25-12-9-8-10-13-25/h8-10,12-13,26-27H,11,14-23H2,1-7H3/t26-,27-,29+,30-,31-/m0/s1. The predicted molar refractivity (Wildman–Crippen MR) is 151 cm³/mol. The summed E-state index contributed by atoms with van der Waals surface area (Å²) in [5.41, 5.74) is 0.608. The largest absolute Gasteiger partial charge is 0.406 e. The summed E-state index contributed by atoms with van der Waals surface area (Å²) < 4.78 is 33.7. The predicted octanol–water partition coefficient (Wildman–Crippen LogP) is 7.30. The smallest absolute Gasteiger partial charge is 0.199 e. The molecule has 0 amide bonds. The van der Waals surface area contributed by atoms with Crippen molar-refractivity contribution < 1.29 is 28.2 Å². The highest BCUT2D eigenvalue weighted by molar-refractivity contribution is 6.74. The summed E-state index contributed by atoms with van der Waals surface area (Å²) >= 11 is 0. The minimum Gasteiger partial charge on any atom is -0.406 e. The van der Waals surface area contributed by atoms with Crippen LogP contribution in [-0.2, 0) is 34.8 Å². The van der Waals surface area contributed by atoms with E-state index in [2.05, 4.69) is 52.9 Å². The van der Waals surface area contributed by atoms with Gasteiger partial charge >= 0.3 is 0 Å².